The molecule has 0 saturated carbocycles. The van der Waals surface area contributed by atoms with Gasteiger partial charge in [-0.3, -0.25) is 9.59 Å². The molecule has 0 bridgehead atoms. The molecule has 2 amide bonds. The van der Waals surface area contributed by atoms with E-state index in [-0.39, 0.29) is 17.6 Å². The molecule has 0 aliphatic carbocycles. The van der Waals surface area contributed by atoms with E-state index in [1.165, 1.54) is 12.1 Å². The van der Waals surface area contributed by atoms with Gasteiger partial charge in [0.15, 0.2) is 0 Å². The number of rotatable bonds is 6. The lowest BCUT2D eigenvalue weighted by molar-refractivity contribution is -0.128. The van der Waals surface area contributed by atoms with Crippen LogP contribution in [0.1, 0.15) is 43.6 Å². The van der Waals surface area contributed by atoms with E-state index in [1.807, 2.05) is 51.1 Å². The summed E-state index contributed by atoms with van der Waals surface area (Å²) in [7, 11) is 0. The maximum Gasteiger partial charge on any atom is 0.256 e. The molecular formula is C29H29BrFN3O2. The molecule has 0 spiro atoms. The molecule has 36 heavy (non-hydrogen) atoms. The minimum absolute atomic E-state index is 0.0549. The van der Waals surface area contributed by atoms with Crippen molar-refractivity contribution >= 4 is 44.3 Å². The highest BCUT2D eigenvalue weighted by atomic mass is 79.9. The van der Waals surface area contributed by atoms with Crippen LogP contribution in [-0.4, -0.2) is 16.4 Å². The standard InChI is InChI=1S/C29H29BrFN3O2/c1-5-34-17-24(19-7-9-20(31)10-8-19)22-15-21(11-13-26(22)34)33-27(35)23-14-18(6-12-25(23)30)16-32-28(36)29(2,3)4/h6-15,17H,5,16H2,1-4H3,(H,32,36)(H,33,35). The van der Waals surface area contributed by atoms with Gasteiger partial charge in [-0.25, -0.2) is 4.39 Å². The van der Waals surface area contributed by atoms with Crippen LogP contribution in [0.3, 0.4) is 0 Å². The van der Waals surface area contributed by atoms with E-state index >= 15 is 0 Å². The first-order chi connectivity index (χ1) is 17.1. The molecule has 4 rings (SSSR count). The highest BCUT2D eigenvalue weighted by Crippen LogP contribution is 2.33. The molecule has 7 heteroatoms. The van der Waals surface area contributed by atoms with Gasteiger partial charge in [-0.05, 0) is 76.4 Å². The lowest BCUT2D eigenvalue weighted by Gasteiger charge is -2.18. The Kier molecular flexibility index (Phi) is 7.31. The third kappa shape index (κ3) is 5.51. The third-order valence-electron chi connectivity index (χ3n) is 6.04. The summed E-state index contributed by atoms with van der Waals surface area (Å²) in [6, 6.07) is 17.7. The quantitative estimate of drug-likeness (QED) is 0.268. The SMILES string of the molecule is CCn1cc(-c2ccc(F)cc2)c2cc(NC(=O)c3cc(CNC(=O)C(C)(C)C)ccc3Br)ccc21. The van der Waals surface area contributed by atoms with Crippen molar-refractivity contribution in [1.82, 2.24) is 9.88 Å². The van der Waals surface area contributed by atoms with Gasteiger partial charge in [0.25, 0.3) is 5.91 Å². The molecule has 0 aliphatic rings. The van der Waals surface area contributed by atoms with E-state index in [1.54, 1.807) is 18.2 Å². The average Bonchev–Trinajstić information content (AvgIpc) is 3.21. The number of benzene rings is 3. The Morgan fingerprint density at radius 2 is 1.72 bits per heavy atom. The number of aryl methyl sites for hydroxylation is 1. The summed E-state index contributed by atoms with van der Waals surface area (Å²) in [4.78, 5) is 25.4. The molecule has 0 atom stereocenters. The number of amides is 2. The summed E-state index contributed by atoms with van der Waals surface area (Å²) in [5.74, 6) is -0.596. The second kappa shape index (κ2) is 10.3. The topological polar surface area (TPSA) is 63.1 Å². The minimum Gasteiger partial charge on any atom is -0.352 e. The van der Waals surface area contributed by atoms with Crippen LogP contribution in [0.4, 0.5) is 10.1 Å². The fraction of sp³-hybridized carbons (Fsp3) is 0.241. The summed E-state index contributed by atoms with van der Waals surface area (Å²) in [6.07, 6.45) is 2.05. The molecule has 3 aromatic carbocycles. The van der Waals surface area contributed by atoms with Gasteiger partial charge in [0.05, 0.1) is 5.56 Å². The van der Waals surface area contributed by atoms with Crippen LogP contribution < -0.4 is 10.6 Å². The monoisotopic (exact) mass is 549 g/mol. The molecular weight excluding hydrogens is 521 g/mol. The number of anilines is 1. The fourth-order valence-corrected chi connectivity index (χ4v) is 4.43. The normalized spacial score (nSPS) is 11.5. The van der Waals surface area contributed by atoms with Crippen molar-refractivity contribution in [2.45, 2.75) is 40.8 Å². The lowest BCUT2D eigenvalue weighted by Crippen LogP contribution is -2.34. The highest BCUT2D eigenvalue weighted by Gasteiger charge is 2.21. The maximum atomic E-state index is 13.5. The smallest absolute Gasteiger partial charge is 0.256 e. The van der Waals surface area contributed by atoms with Crippen LogP contribution in [-0.2, 0) is 17.9 Å². The lowest BCUT2D eigenvalue weighted by atomic mass is 9.95. The van der Waals surface area contributed by atoms with Gasteiger partial charge in [-0.2, -0.15) is 0 Å². The fourth-order valence-electron chi connectivity index (χ4n) is 4.00. The Bertz CT molecular complexity index is 1440. The van der Waals surface area contributed by atoms with Crippen LogP contribution in [0.15, 0.2) is 71.3 Å². The van der Waals surface area contributed by atoms with Crippen LogP contribution in [0.5, 0.6) is 0 Å². The van der Waals surface area contributed by atoms with Crippen molar-refractivity contribution in [2.75, 3.05) is 5.32 Å². The average molecular weight is 550 g/mol. The summed E-state index contributed by atoms with van der Waals surface area (Å²) in [5, 5.41) is 6.88. The van der Waals surface area contributed by atoms with E-state index in [0.717, 1.165) is 34.1 Å². The summed E-state index contributed by atoms with van der Waals surface area (Å²) in [6.45, 7) is 8.76. The number of fused-ring (bicyclic) bond motifs is 1. The molecule has 0 unspecified atom stereocenters. The van der Waals surface area contributed by atoms with Crippen molar-refractivity contribution in [1.29, 1.82) is 0 Å². The summed E-state index contributed by atoms with van der Waals surface area (Å²) >= 11 is 3.47. The van der Waals surface area contributed by atoms with Crippen molar-refractivity contribution in [2.24, 2.45) is 5.41 Å². The number of nitrogens with one attached hydrogen (secondary N) is 2. The molecule has 1 heterocycles. The van der Waals surface area contributed by atoms with E-state index in [9.17, 15) is 14.0 Å². The van der Waals surface area contributed by atoms with Crippen LogP contribution >= 0.6 is 15.9 Å². The molecule has 0 radical (unpaired) electrons. The van der Waals surface area contributed by atoms with Gasteiger partial charge < -0.3 is 15.2 Å². The zero-order chi connectivity index (χ0) is 26.0. The number of nitrogens with zero attached hydrogens (tertiary/aromatic N) is 1. The molecule has 0 aliphatic heterocycles. The van der Waals surface area contributed by atoms with E-state index < -0.39 is 5.41 Å². The first-order valence-electron chi connectivity index (χ1n) is 11.8. The van der Waals surface area contributed by atoms with Crippen LogP contribution in [0.2, 0.25) is 0 Å². The number of carbonyl (C=O) groups is 2. The predicted octanol–water partition coefficient (Wildman–Crippen LogP) is 7.14. The largest absolute Gasteiger partial charge is 0.352 e. The maximum absolute atomic E-state index is 13.5. The molecule has 4 aromatic rings. The van der Waals surface area contributed by atoms with E-state index in [2.05, 4.69) is 44.3 Å². The second-order valence-electron chi connectivity index (χ2n) is 9.77. The Labute approximate surface area is 218 Å². The van der Waals surface area contributed by atoms with Crippen LogP contribution in [0, 0.1) is 11.2 Å². The first-order valence-corrected chi connectivity index (χ1v) is 12.6. The van der Waals surface area contributed by atoms with Gasteiger partial charge >= 0.3 is 0 Å². The Balaban J connectivity index is 1.60. The van der Waals surface area contributed by atoms with Crippen LogP contribution in [0.25, 0.3) is 22.0 Å². The molecule has 2 N–H and O–H groups in total. The molecule has 5 nitrogen and oxygen atoms in total. The minimum atomic E-state index is -0.488. The number of hydrogen-bond donors (Lipinski definition) is 2. The van der Waals surface area contributed by atoms with Crippen molar-refractivity contribution < 1.29 is 14.0 Å². The first kappa shape index (κ1) is 25.6. The molecule has 1 aromatic heterocycles. The number of hydrogen-bond acceptors (Lipinski definition) is 2. The second-order valence-corrected chi connectivity index (χ2v) is 10.6. The number of halogens is 2. The predicted molar refractivity (Wildman–Crippen MR) is 146 cm³/mol. The molecule has 186 valence electrons. The number of aromatic nitrogens is 1. The molecule has 0 fully saturated rings. The summed E-state index contributed by atoms with van der Waals surface area (Å²) < 4.78 is 16.3. The Morgan fingerprint density at radius 3 is 2.39 bits per heavy atom. The number of carbonyl (C=O) groups excluding carboxylic acids is 2. The van der Waals surface area contributed by atoms with Crippen molar-refractivity contribution in [3.8, 4) is 11.1 Å². The Morgan fingerprint density at radius 1 is 1.00 bits per heavy atom. The molecule has 0 saturated heterocycles. The van der Waals surface area contributed by atoms with Gasteiger partial charge in [-0.1, -0.05) is 39.0 Å². The van der Waals surface area contributed by atoms with E-state index in [4.69, 9.17) is 0 Å². The van der Waals surface area contributed by atoms with Crippen molar-refractivity contribution in [3.63, 3.8) is 0 Å². The highest BCUT2D eigenvalue weighted by molar-refractivity contribution is 9.10. The van der Waals surface area contributed by atoms with Gasteiger partial charge in [0, 0.05) is 51.3 Å². The summed E-state index contributed by atoms with van der Waals surface area (Å²) in [5.41, 5.74) is 4.39. The zero-order valence-electron chi connectivity index (χ0n) is 20.8. The van der Waals surface area contributed by atoms with Gasteiger partial charge in [0.2, 0.25) is 5.91 Å². The Hall–Kier alpha value is -3.45. The van der Waals surface area contributed by atoms with Gasteiger partial charge in [-0.15, -0.1) is 0 Å². The third-order valence-corrected chi connectivity index (χ3v) is 6.74. The van der Waals surface area contributed by atoms with E-state index in [0.29, 0.717) is 22.3 Å². The van der Waals surface area contributed by atoms with Gasteiger partial charge in [0.1, 0.15) is 5.82 Å². The van der Waals surface area contributed by atoms with Crippen molar-refractivity contribution in [3.05, 3.63) is 88.3 Å². The zero-order valence-corrected chi connectivity index (χ0v) is 22.4.